The van der Waals surface area contributed by atoms with Gasteiger partial charge in [0.25, 0.3) is 0 Å². The van der Waals surface area contributed by atoms with Gasteiger partial charge in [-0.1, -0.05) is 12.1 Å². The van der Waals surface area contributed by atoms with Crippen LogP contribution in [0.4, 0.5) is 10.8 Å². The zero-order chi connectivity index (χ0) is 23.1. The first-order valence-corrected chi connectivity index (χ1v) is 12.0. The molecule has 2 aromatic carbocycles. The highest BCUT2D eigenvalue weighted by Crippen LogP contribution is 2.32. The van der Waals surface area contributed by atoms with Crippen molar-refractivity contribution in [2.24, 2.45) is 5.14 Å². The number of anilines is 2. The molecule has 0 radical (unpaired) electrons. The number of sulfonamides is 1. The summed E-state index contributed by atoms with van der Waals surface area (Å²) >= 11 is 1.39. The van der Waals surface area contributed by atoms with E-state index in [1.807, 2.05) is 11.4 Å². The van der Waals surface area contributed by atoms with E-state index in [0.717, 1.165) is 5.56 Å². The molecule has 0 fully saturated rings. The largest absolute Gasteiger partial charge is 0.497 e. The molecule has 1 heterocycles. The Morgan fingerprint density at radius 1 is 1.12 bits per heavy atom. The summed E-state index contributed by atoms with van der Waals surface area (Å²) in [6, 6.07) is 11.7. The van der Waals surface area contributed by atoms with Crippen LogP contribution < -0.4 is 25.2 Å². The molecule has 3 aromatic rings. The second kappa shape index (κ2) is 10.4. The molecule has 0 bridgehead atoms. The summed E-state index contributed by atoms with van der Waals surface area (Å²) in [5.74, 6) is 1.18. The number of hydrogen-bond acceptors (Lipinski definition) is 8. The molecule has 0 aliphatic rings. The Balaban J connectivity index is 1.50. The van der Waals surface area contributed by atoms with Gasteiger partial charge >= 0.3 is 0 Å². The second-order valence-corrected chi connectivity index (χ2v) is 9.22. The monoisotopic (exact) mass is 476 g/mol. The van der Waals surface area contributed by atoms with Crippen LogP contribution in [0.15, 0.2) is 52.7 Å². The van der Waals surface area contributed by atoms with Crippen molar-refractivity contribution >= 4 is 38.1 Å². The quantitative estimate of drug-likeness (QED) is 0.409. The zero-order valence-electron chi connectivity index (χ0n) is 17.6. The molecule has 1 aromatic heterocycles. The van der Waals surface area contributed by atoms with Crippen LogP contribution in [0, 0.1) is 0 Å². The Morgan fingerprint density at radius 2 is 1.88 bits per heavy atom. The molecule has 4 N–H and O–H groups in total. The van der Waals surface area contributed by atoms with Gasteiger partial charge in [-0.05, 0) is 36.2 Å². The van der Waals surface area contributed by atoms with Crippen molar-refractivity contribution in [3.63, 3.8) is 0 Å². The molecule has 0 aliphatic heterocycles. The number of amides is 1. The number of nitrogens with one attached hydrogen (secondary N) is 2. The highest BCUT2D eigenvalue weighted by atomic mass is 32.2. The van der Waals surface area contributed by atoms with Gasteiger partial charge in [-0.3, -0.25) is 4.79 Å². The first-order valence-electron chi connectivity index (χ1n) is 9.60. The predicted molar refractivity (Wildman–Crippen MR) is 123 cm³/mol. The number of methoxy groups -OCH3 is 2. The molecule has 3 rings (SSSR count). The molecule has 170 valence electrons. The Bertz CT molecular complexity index is 1180. The second-order valence-electron chi connectivity index (χ2n) is 6.80. The Kier molecular flexibility index (Phi) is 7.67. The van der Waals surface area contributed by atoms with Gasteiger partial charge in [-0.2, -0.15) is 0 Å². The van der Waals surface area contributed by atoms with Crippen molar-refractivity contribution in [1.29, 1.82) is 0 Å². The Morgan fingerprint density at radius 3 is 2.53 bits per heavy atom. The fourth-order valence-electron chi connectivity index (χ4n) is 2.89. The number of benzene rings is 2. The van der Waals surface area contributed by atoms with E-state index in [-0.39, 0.29) is 17.2 Å². The van der Waals surface area contributed by atoms with E-state index in [2.05, 4.69) is 15.6 Å². The van der Waals surface area contributed by atoms with Gasteiger partial charge in [-0.25, -0.2) is 18.5 Å². The number of rotatable bonds is 10. The van der Waals surface area contributed by atoms with Gasteiger partial charge in [0.15, 0.2) is 5.13 Å². The Hall–Kier alpha value is -3.15. The summed E-state index contributed by atoms with van der Waals surface area (Å²) < 4.78 is 33.2. The molecule has 0 spiro atoms. The molecule has 11 heteroatoms. The number of ether oxygens (including phenoxy) is 2. The minimum absolute atomic E-state index is 0.0600. The van der Waals surface area contributed by atoms with Gasteiger partial charge in [0.05, 0.1) is 36.9 Å². The maximum absolute atomic E-state index is 12.2. The van der Waals surface area contributed by atoms with Crippen LogP contribution in [-0.4, -0.2) is 40.1 Å². The molecule has 0 unspecified atom stereocenters. The standard InChI is InChI=1S/C21H24N4O5S2/c1-29-16-5-8-19(30-2)18(12-16)25-21-24-15(13-31-21)11-20(26)23-10-9-14-3-6-17(7-4-14)32(22,27)28/h3-8,12-13H,9-11H2,1-2H3,(H,23,26)(H,24,25)(H2,22,27,28). The third-order valence-corrected chi connectivity index (χ3v) is 6.27. The van der Waals surface area contributed by atoms with Gasteiger partial charge < -0.3 is 20.1 Å². The van der Waals surface area contributed by atoms with Crippen LogP contribution in [0.1, 0.15) is 11.3 Å². The number of carbonyl (C=O) groups excluding carboxylic acids is 1. The van der Waals surface area contributed by atoms with Crippen LogP contribution >= 0.6 is 11.3 Å². The molecule has 9 nitrogen and oxygen atoms in total. The van der Waals surface area contributed by atoms with Crippen molar-refractivity contribution in [3.8, 4) is 11.5 Å². The minimum atomic E-state index is -3.71. The molecule has 0 aliphatic carbocycles. The summed E-state index contributed by atoms with van der Waals surface area (Å²) in [6.45, 7) is 0.420. The first-order chi connectivity index (χ1) is 15.3. The van der Waals surface area contributed by atoms with Crippen molar-refractivity contribution in [2.45, 2.75) is 17.7 Å². The van der Waals surface area contributed by atoms with E-state index in [4.69, 9.17) is 14.6 Å². The third-order valence-electron chi connectivity index (χ3n) is 4.53. The van der Waals surface area contributed by atoms with Gasteiger partial charge in [-0.15, -0.1) is 11.3 Å². The number of hydrogen-bond donors (Lipinski definition) is 3. The minimum Gasteiger partial charge on any atom is -0.497 e. The summed E-state index contributed by atoms with van der Waals surface area (Å²) in [7, 11) is -0.537. The number of nitrogens with zero attached hydrogens (tertiary/aromatic N) is 1. The zero-order valence-corrected chi connectivity index (χ0v) is 19.3. The lowest BCUT2D eigenvalue weighted by Gasteiger charge is -2.10. The fraction of sp³-hybridized carbons (Fsp3) is 0.238. The van der Waals surface area contributed by atoms with E-state index in [1.165, 1.54) is 23.5 Å². The van der Waals surface area contributed by atoms with Crippen LogP contribution in [0.3, 0.4) is 0 Å². The average molecular weight is 477 g/mol. The van der Waals surface area contributed by atoms with E-state index >= 15 is 0 Å². The number of carbonyl (C=O) groups is 1. The highest BCUT2D eigenvalue weighted by molar-refractivity contribution is 7.89. The van der Waals surface area contributed by atoms with Gasteiger partial charge in [0.1, 0.15) is 11.5 Å². The summed E-state index contributed by atoms with van der Waals surface area (Å²) in [5.41, 5.74) is 2.25. The Labute approximate surface area is 190 Å². The maximum Gasteiger partial charge on any atom is 0.238 e. The number of aromatic nitrogens is 1. The lowest BCUT2D eigenvalue weighted by molar-refractivity contribution is -0.120. The summed E-state index contributed by atoms with van der Waals surface area (Å²) in [4.78, 5) is 16.8. The summed E-state index contributed by atoms with van der Waals surface area (Å²) in [5, 5.41) is 13.6. The molecular weight excluding hydrogens is 452 g/mol. The molecule has 1 amide bonds. The predicted octanol–water partition coefficient (Wildman–Crippen LogP) is 2.45. The smallest absolute Gasteiger partial charge is 0.238 e. The van der Waals surface area contributed by atoms with E-state index < -0.39 is 10.0 Å². The highest BCUT2D eigenvalue weighted by Gasteiger charge is 2.11. The van der Waals surface area contributed by atoms with Crippen LogP contribution in [0.5, 0.6) is 11.5 Å². The topological polar surface area (TPSA) is 133 Å². The van der Waals surface area contributed by atoms with Gasteiger partial charge in [0.2, 0.25) is 15.9 Å². The van der Waals surface area contributed by atoms with Crippen molar-refractivity contribution in [1.82, 2.24) is 10.3 Å². The number of nitrogens with two attached hydrogens (primary N) is 1. The van der Waals surface area contributed by atoms with Gasteiger partial charge in [0, 0.05) is 18.0 Å². The molecule has 0 saturated heterocycles. The van der Waals surface area contributed by atoms with Crippen LogP contribution in [-0.2, 0) is 27.7 Å². The van der Waals surface area contributed by atoms with Crippen molar-refractivity contribution in [3.05, 3.63) is 59.1 Å². The first kappa shape index (κ1) is 23.5. The van der Waals surface area contributed by atoms with Crippen LogP contribution in [0.25, 0.3) is 0 Å². The normalized spacial score (nSPS) is 11.1. The average Bonchev–Trinajstić information content (AvgIpc) is 3.20. The lowest BCUT2D eigenvalue weighted by atomic mass is 10.1. The van der Waals surface area contributed by atoms with E-state index in [9.17, 15) is 13.2 Å². The van der Waals surface area contributed by atoms with E-state index in [0.29, 0.717) is 41.0 Å². The third kappa shape index (κ3) is 6.42. The molecule has 32 heavy (non-hydrogen) atoms. The molecule has 0 saturated carbocycles. The van der Waals surface area contributed by atoms with Crippen molar-refractivity contribution in [2.75, 3.05) is 26.1 Å². The SMILES string of the molecule is COc1ccc(OC)c(Nc2nc(CC(=O)NCCc3ccc(S(N)(=O)=O)cc3)cs2)c1. The lowest BCUT2D eigenvalue weighted by Crippen LogP contribution is -2.27. The number of primary sulfonamides is 1. The number of thiazole rings is 1. The molecular formula is C21H24N4O5S2. The summed E-state index contributed by atoms with van der Waals surface area (Å²) in [6.07, 6.45) is 0.716. The maximum atomic E-state index is 12.2. The molecule has 0 atom stereocenters. The fourth-order valence-corrected chi connectivity index (χ4v) is 4.13. The van der Waals surface area contributed by atoms with E-state index in [1.54, 1.807) is 38.5 Å². The van der Waals surface area contributed by atoms with Crippen LogP contribution in [0.2, 0.25) is 0 Å². The van der Waals surface area contributed by atoms with Crippen molar-refractivity contribution < 1.29 is 22.7 Å².